The average Bonchev–Trinajstić information content (AvgIpc) is 3.03. The fraction of sp³-hybridized carbons (Fsp3) is 0.333. The van der Waals surface area contributed by atoms with Crippen LogP contribution in [-0.4, -0.2) is 22.8 Å². The minimum absolute atomic E-state index is 0.0464. The molecule has 1 N–H and O–H groups in total. The molecule has 3 aromatic rings. The lowest BCUT2D eigenvalue weighted by Crippen LogP contribution is -2.37. The average molecular weight is 389 g/mol. The molecule has 5 nitrogen and oxygen atoms in total. The van der Waals surface area contributed by atoms with Gasteiger partial charge in [0, 0.05) is 5.56 Å². The van der Waals surface area contributed by atoms with Crippen molar-refractivity contribution in [3.63, 3.8) is 0 Å². The molecule has 1 atom stereocenters. The number of benzene rings is 2. The number of ether oxygens (including phenoxy) is 1. The van der Waals surface area contributed by atoms with Gasteiger partial charge in [0.2, 0.25) is 0 Å². The van der Waals surface area contributed by atoms with Crippen molar-refractivity contribution in [3.8, 4) is 11.4 Å². The number of hydrogen-bond acceptors (Lipinski definition) is 3. The number of carbonyl (C=O) groups is 1. The fourth-order valence-electron chi connectivity index (χ4n) is 4.36. The van der Waals surface area contributed by atoms with Crippen LogP contribution in [0.1, 0.15) is 53.6 Å². The highest BCUT2D eigenvalue weighted by Gasteiger charge is 2.37. The Morgan fingerprint density at radius 1 is 1.14 bits per heavy atom. The maximum atomic E-state index is 13.1. The van der Waals surface area contributed by atoms with Crippen LogP contribution in [0.3, 0.4) is 0 Å². The van der Waals surface area contributed by atoms with Crippen LogP contribution in [0, 0.1) is 12.3 Å². The van der Waals surface area contributed by atoms with Crippen LogP contribution in [-0.2, 0) is 6.42 Å². The third kappa shape index (κ3) is 3.65. The molecule has 0 saturated heterocycles. The quantitative estimate of drug-likeness (QED) is 0.708. The van der Waals surface area contributed by atoms with Gasteiger partial charge in [-0.15, -0.1) is 0 Å². The topological polar surface area (TPSA) is 56.1 Å². The minimum atomic E-state index is -0.122. The van der Waals surface area contributed by atoms with E-state index in [1.807, 2.05) is 48.0 Å². The first-order valence-corrected chi connectivity index (χ1v) is 9.97. The smallest absolute Gasteiger partial charge is 0.255 e. The number of hydrogen-bond donors (Lipinski definition) is 1. The summed E-state index contributed by atoms with van der Waals surface area (Å²) in [6.45, 7) is 6.52. The van der Waals surface area contributed by atoms with Crippen molar-refractivity contribution in [2.45, 2.75) is 39.7 Å². The number of nitrogens with zero attached hydrogens (tertiary/aromatic N) is 2. The standard InChI is InChI=1S/C24H27N3O2/c1-16-22-19(25-23(28)18-12-8-9-13-21(18)29-4)14-24(2,3)15-20(22)27(26-16)17-10-6-5-7-11-17/h5-13,19H,14-15H2,1-4H3,(H,25,28). The molecule has 4 rings (SSSR count). The SMILES string of the molecule is COc1ccccc1C(=O)NC1CC(C)(C)Cc2c1c(C)nn2-c1ccccc1. The van der Waals surface area contributed by atoms with E-state index < -0.39 is 0 Å². The van der Waals surface area contributed by atoms with Gasteiger partial charge in [-0.1, -0.05) is 44.2 Å². The third-order valence-electron chi connectivity index (χ3n) is 5.62. The van der Waals surface area contributed by atoms with Gasteiger partial charge in [0.15, 0.2) is 0 Å². The molecule has 0 radical (unpaired) electrons. The van der Waals surface area contributed by atoms with Crippen molar-refractivity contribution < 1.29 is 9.53 Å². The lowest BCUT2D eigenvalue weighted by atomic mass is 9.73. The number of fused-ring (bicyclic) bond motifs is 1. The highest BCUT2D eigenvalue weighted by atomic mass is 16.5. The van der Waals surface area contributed by atoms with Crippen molar-refractivity contribution >= 4 is 5.91 Å². The Labute approximate surface area is 171 Å². The van der Waals surface area contributed by atoms with Gasteiger partial charge in [0.05, 0.1) is 35.8 Å². The van der Waals surface area contributed by atoms with Crippen LogP contribution < -0.4 is 10.1 Å². The summed E-state index contributed by atoms with van der Waals surface area (Å²) in [6, 6.07) is 17.4. The first kappa shape index (κ1) is 19.2. The van der Waals surface area contributed by atoms with Gasteiger partial charge in [-0.25, -0.2) is 4.68 Å². The van der Waals surface area contributed by atoms with Crippen molar-refractivity contribution in [1.82, 2.24) is 15.1 Å². The summed E-state index contributed by atoms with van der Waals surface area (Å²) in [5.74, 6) is 0.458. The lowest BCUT2D eigenvalue weighted by molar-refractivity contribution is 0.0916. The summed E-state index contributed by atoms with van der Waals surface area (Å²) in [7, 11) is 1.59. The minimum Gasteiger partial charge on any atom is -0.496 e. The number of aryl methyl sites for hydroxylation is 1. The molecule has 0 saturated carbocycles. The molecule has 5 heteroatoms. The molecule has 0 spiro atoms. The van der Waals surface area contributed by atoms with Gasteiger partial charge in [-0.05, 0) is 49.4 Å². The van der Waals surface area contributed by atoms with E-state index in [9.17, 15) is 4.79 Å². The number of carbonyl (C=O) groups excluding carboxylic acids is 1. The Hall–Kier alpha value is -3.08. The first-order chi connectivity index (χ1) is 13.9. The van der Waals surface area contributed by atoms with Crippen molar-refractivity contribution in [2.24, 2.45) is 5.41 Å². The van der Waals surface area contributed by atoms with E-state index in [1.54, 1.807) is 13.2 Å². The van der Waals surface area contributed by atoms with Gasteiger partial charge in [0.1, 0.15) is 5.75 Å². The predicted octanol–water partition coefficient (Wildman–Crippen LogP) is 4.63. The van der Waals surface area contributed by atoms with Crippen LogP contribution in [0.15, 0.2) is 54.6 Å². The van der Waals surface area contributed by atoms with Gasteiger partial charge >= 0.3 is 0 Å². The van der Waals surface area contributed by atoms with Crippen LogP contribution in [0.25, 0.3) is 5.69 Å². The van der Waals surface area contributed by atoms with E-state index in [2.05, 4.69) is 31.3 Å². The number of para-hydroxylation sites is 2. The van der Waals surface area contributed by atoms with Crippen LogP contribution in [0.2, 0.25) is 0 Å². The fourth-order valence-corrected chi connectivity index (χ4v) is 4.36. The maximum absolute atomic E-state index is 13.1. The number of aromatic nitrogens is 2. The molecule has 150 valence electrons. The summed E-state index contributed by atoms with van der Waals surface area (Å²) in [6.07, 6.45) is 1.78. The second-order valence-corrected chi connectivity index (χ2v) is 8.46. The molecule has 1 amide bonds. The Kier molecular flexibility index (Phi) is 4.91. The zero-order chi connectivity index (χ0) is 20.6. The van der Waals surface area contributed by atoms with E-state index in [0.717, 1.165) is 29.8 Å². The van der Waals surface area contributed by atoms with Crippen molar-refractivity contribution in [3.05, 3.63) is 77.1 Å². The number of methoxy groups -OCH3 is 1. The summed E-state index contributed by atoms with van der Waals surface area (Å²) in [4.78, 5) is 13.1. The molecule has 0 fully saturated rings. The normalized spacial score (nSPS) is 17.4. The Balaban J connectivity index is 1.73. The molecule has 29 heavy (non-hydrogen) atoms. The summed E-state index contributed by atoms with van der Waals surface area (Å²) >= 11 is 0. The number of rotatable bonds is 4. The molecule has 1 unspecified atom stereocenters. The molecule has 0 aliphatic heterocycles. The van der Waals surface area contributed by atoms with E-state index in [1.165, 1.54) is 5.69 Å². The molecule has 1 aromatic heterocycles. The molecule has 2 aromatic carbocycles. The summed E-state index contributed by atoms with van der Waals surface area (Å²) in [5, 5.41) is 8.09. The largest absolute Gasteiger partial charge is 0.496 e. The van der Waals surface area contributed by atoms with E-state index in [0.29, 0.717) is 11.3 Å². The Bertz CT molecular complexity index is 1040. The summed E-state index contributed by atoms with van der Waals surface area (Å²) in [5.41, 5.74) is 4.92. The monoisotopic (exact) mass is 389 g/mol. The maximum Gasteiger partial charge on any atom is 0.255 e. The lowest BCUT2D eigenvalue weighted by Gasteiger charge is -2.36. The van der Waals surface area contributed by atoms with E-state index >= 15 is 0 Å². The second kappa shape index (κ2) is 7.39. The molecule has 1 heterocycles. The third-order valence-corrected chi connectivity index (χ3v) is 5.62. The van der Waals surface area contributed by atoms with Crippen LogP contribution in [0.4, 0.5) is 0 Å². The molecular weight excluding hydrogens is 362 g/mol. The molecule has 1 aliphatic rings. The van der Waals surface area contributed by atoms with Gasteiger partial charge in [-0.3, -0.25) is 4.79 Å². The Morgan fingerprint density at radius 3 is 2.55 bits per heavy atom. The molecular formula is C24H27N3O2. The van der Waals surface area contributed by atoms with Crippen molar-refractivity contribution in [1.29, 1.82) is 0 Å². The van der Waals surface area contributed by atoms with Gasteiger partial charge in [0.25, 0.3) is 5.91 Å². The number of amides is 1. The summed E-state index contributed by atoms with van der Waals surface area (Å²) < 4.78 is 7.41. The van der Waals surface area contributed by atoms with Gasteiger partial charge in [-0.2, -0.15) is 5.10 Å². The predicted molar refractivity (Wildman–Crippen MR) is 114 cm³/mol. The first-order valence-electron chi connectivity index (χ1n) is 9.97. The molecule has 1 aliphatic carbocycles. The van der Waals surface area contributed by atoms with Crippen molar-refractivity contribution in [2.75, 3.05) is 7.11 Å². The highest BCUT2D eigenvalue weighted by Crippen LogP contribution is 2.43. The van der Waals surface area contributed by atoms with E-state index in [-0.39, 0.29) is 17.4 Å². The zero-order valence-corrected chi connectivity index (χ0v) is 17.4. The molecule has 0 bridgehead atoms. The number of nitrogens with one attached hydrogen (secondary N) is 1. The van der Waals surface area contributed by atoms with E-state index in [4.69, 9.17) is 9.84 Å². The van der Waals surface area contributed by atoms with Crippen LogP contribution in [0.5, 0.6) is 5.75 Å². The second-order valence-electron chi connectivity index (χ2n) is 8.46. The zero-order valence-electron chi connectivity index (χ0n) is 17.4. The highest BCUT2D eigenvalue weighted by molar-refractivity contribution is 5.97. The Morgan fingerprint density at radius 2 is 1.83 bits per heavy atom. The van der Waals surface area contributed by atoms with Crippen LogP contribution >= 0.6 is 0 Å². The van der Waals surface area contributed by atoms with Gasteiger partial charge < -0.3 is 10.1 Å².